The lowest BCUT2D eigenvalue weighted by atomic mass is 10.1. The van der Waals surface area contributed by atoms with Crippen molar-refractivity contribution in [1.29, 1.82) is 0 Å². The Morgan fingerprint density at radius 1 is 1.07 bits per heavy atom. The zero-order valence-electron chi connectivity index (χ0n) is 16.6. The number of hydrogen-bond acceptors (Lipinski definition) is 6. The van der Waals surface area contributed by atoms with Gasteiger partial charge in [-0.15, -0.1) is 0 Å². The van der Waals surface area contributed by atoms with E-state index in [9.17, 15) is 18.3 Å². The van der Waals surface area contributed by atoms with Gasteiger partial charge >= 0.3 is 6.09 Å². The van der Waals surface area contributed by atoms with Crippen LogP contribution in [0.3, 0.4) is 0 Å². The number of aliphatic hydroxyl groups excluding tert-OH is 1. The van der Waals surface area contributed by atoms with E-state index in [1.807, 2.05) is 20.8 Å². The highest BCUT2D eigenvalue weighted by Crippen LogP contribution is 2.25. The highest BCUT2D eigenvalue weighted by atomic mass is 32.2. The molecule has 2 fully saturated rings. The zero-order chi connectivity index (χ0) is 20.5. The summed E-state index contributed by atoms with van der Waals surface area (Å²) in [5.41, 5.74) is -0.540. The molecule has 0 aromatic heterocycles. The van der Waals surface area contributed by atoms with Gasteiger partial charge in [-0.3, -0.25) is 4.90 Å². The third-order valence-electron chi connectivity index (χ3n) is 5.04. The van der Waals surface area contributed by atoms with Crippen LogP contribution < -0.4 is 0 Å². The molecule has 0 aliphatic carbocycles. The predicted octanol–water partition coefficient (Wildman–Crippen LogP) is 0.973. The smallest absolute Gasteiger partial charge is 0.410 e. The molecular formula is C19H29N3O5S. The van der Waals surface area contributed by atoms with E-state index in [-0.39, 0.29) is 30.1 Å². The van der Waals surface area contributed by atoms with Gasteiger partial charge in [-0.1, -0.05) is 18.2 Å². The van der Waals surface area contributed by atoms with E-state index in [0.29, 0.717) is 26.2 Å². The molecule has 0 unspecified atom stereocenters. The van der Waals surface area contributed by atoms with Crippen molar-refractivity contribution in [2.45, 2.75) is 43.4 Å². The van der Waals surface area contributed by atoms with Gasteiger partial charge in [0, 0.05) is 39.3 Å². The van der Waals surface area contributed by atoms with Gasteiger partial charge in [0.25, 0.3) is 0 Å². The number of piperazine rings is 1. The second kappa shape index (κ2) is 7.98. The molecule has 1 N–H and O–H groups in total. The molecule has 2 aliphatic heterocycles. The average Bonchev–Trinajstić information content (AvgIpc) is 3.04. The molecule has 1 aromatic carbocycles. The number of sulfonamides is 1. The number of aliphatic hydroxyl groups is 1. The van der Waals surface area contributed by atoms with E-state index in [2.05, 4.69) is 4.90 Å². The number of rotatable bonds is 3. The van der Waals surface area contributed by atoms with Crippen LogP contribution in [0.5, 0.6) is 0 Å². The molecule has 2 heterocycles. The lowest BCUT2D eigenvalue weighted by Gasteiger charge is -2.39. The SMILES string of the molecule is CC(C)(C)OC(=O)N1CCN([C@@H]2CN(S(=O)(=O)c3ccccc3)C[C@H]2O)CC1. The summed E-state index contributed by atoms with van der Waals surface area (Å²) >= 11 is 0. The summed E-state index contributed by atoms with van der Waals surface area (Å²) in [5, 5.41) is 10.5. The van der Waals surface area contributed by atoms with E-state index in [4.69, 9.17) is 4.74 Å². The van der Waals surface area contributed by atoms with Gasteiger partial charge in [-0.25, -0.2) is 13.2 Å². The Hall–Kier alpha value is -1.68. The number of ether oxygens (including phenoxy) is 1. The quantitative estimate of drug-likeness (QED) is 0.797. The number of carbonyl (C=O) groups excluding carboxylic acids is 1. The van der Waals surface area contributed by atoms with Crippen molar-refractivity contribution in [3.63, 3.8) is 0 Å². The lowest BCUT2D eigenvalue weighted by Crippen LogP contribution is -2.55. The van der Waals surface area contributed by atoms with E-state index in [0.717, 1.165) is 0 Å². The monoisotopic (exact) mass is 411 g/mol. The number of carbonyl (C=O) groups is 1. The molecular weight excluding hydrogens is 382 g/mol. The van der Waals surface area contributed by atoms with Gasteiger partial charge in [-0.2, -0.15) is 4.31 Å². The van der Waals surface area contributed by atoms with Gasteiger partial charge < -0.3 is 14.7 Å². The molecule has 156 valence electrons. The number of β-amino-alcohol motifs (C(OH)–C–C–N with tert-alkyl or cyclic N) is 1. The minimum atomic E-state index is -3.63. The topological polar surface area (TPSA) is 90.4 Å². The Bertz CT molecular complexity index is 786. The fraction of sp³-hybridized carbons (Fsp3) is 0.632. The summed E-state index contributed by atoms with van der Waals surface area (Å²) in [6.07, 6.45) is -1.10. The van der Waals surface area contributed by atoms with Gasteiger partial charge in [0.1, 0.15) is 5.60 Å². The Kier molecular flexibility index (Phi) is 6.00. The maximum atomic E-state index is 12.8. The van der Waals surface area contributed by atoms with Crippen LogP contribution >= 0.6 is 0 Å². The molecule has 3 rings (SSSR count). The standard InChI is InChI=1S/C19H29N3O5S/c1-19(2,3)27-18(24)21-11-9-20(10-12-21)16-13-22(14-17(16)23)28(25,26)15-7-5-4-6-8-15/h4-8,16-17,23H,9-14H2,1-3H3/t16-,17-/m1/s1. The summed E-state index contributed by atoms with van der Waals surface area (Å²) < 4.78 is 32.4. The van der Waals surface area contributed by atoms with Gasteiger partial charge in [-0.05, 0) is 32.9 Å². The maximum absolute atomic E-state index is 12.8. The fourth-order valence-corrected chi connectivity index (χ4v) is 5.09. The molecule has 2 saturated heterocycles. The predicted molar refractivity (Wildman–Crippen MR) is 104 cm³/mol. The second-order valence-electron chi connectivity index (χ2n) is 8.27. The highest BCUT2D eigenvalue weighted by molar-refractivity contribution is 7.89. The van der Waals surface area contributed by atoms with Crippen LogP contribution in [-0.4, -0.2) is 90.7 Å². The first-order chi connectivity index (χ1) is 13.1. The largest absolute Gasteiger partial charge is 0.444 e. The minimum Gasteiger partial charge on any atom is -0.444 e. The van der Waals surface area contributed by atoms with Crippen LogP contribution in [0.4, 0.5) is 4.79 Å². The average molecular weight is 412 g/mol. The Labute approximate surface area is 166 Å². The van der Waals surface area contributed by atoms with E-state index in [1.165, 1.54) is 4.31 Å². The van der Waals surface area contributed by atoms with Crippen molar-refractivity contribution in [1.82, 2.24) is 14.1 Å². The van der Waals surface area contributed by atoms with Crippen molar-refractivity contribution < 1.29 is 23.1 Å². The Morgan fingerprint density at radius 2 is 1.68 bits per heavy atom. The maximum Gasteiger partial charge on any atom is 0.410 e. The second-order valence-corrected chi connectivity index (χ2v) is 10.2. The van der Waals surface area contributed by atoms with Crippen LogP contribution in [0, 0.1) is 0 Å². The van der Waals surface area contributed by atoms with E-state index in [1.54, 1.807) is 35.2 Å². The number of benzene rings is 1. The van der Waals surface area contributed by atoms with Crippen LogP contribution in [0.25, 0.3) is 0 Å². The van der Waals surface area contributed by atoms with E-state index >= 15 is 0 Å². The summed E-state index contributed by atoms with van der Waals surface area (Å²) in [6, 6.07) is 7.99. The van der Waals surface area contributed by atoms with Crippen LogP contribution in [0.2, 0.25) is 0 Å². The minimum absolute atomic E-state index is 0.0776. The van der Waals surface area contributed by atoms with Crippen LogP contribution in [-0.2, 0) is 14.8 Å². The Balaban J connectivity index is 1.60. The molecule has 1 aromatic rings. The van der Waals surface area contributed by atoms with Crippen molar-refractivity contribution in [3.8, 4) is 0 Å². The molecule has 8 nitrogen and oxygen atoms in total. The first-order valence-corrected chi connectivity index (χ1v) is 11.0. The van der Waals surface area contributed by atoms with Crippen molar-refractivity contribution in [2.24, 2.45) is 0 Å². The molecule has 28 heavy (non-hydrogen) atoms. The molecule has 0 saturated carbocycles. The lowest BCUT2D eigenvalue weighted by molar-refractivity contribution is 0.00332. The molecule has 1 amide bonds. The molecule has 2 aliphatic rings. The van der Waals surface area contributed by atoms with Crippen molar-refractivity contribution >= 4 is 16.1 Å². The highest BCUT2D eigenvalue weighted by Gasteiger charge is 2.42. The molecule has 9 heteroatoms. The summed E-state index contributed by atoms with van der Waals surface area (Å²) in [6.45, 7) is 7.93. The number of hydrogen-bond donors (Lipinski definition) is 1. The molecule has 0 radical (unpaired) electrons. The van der Waals surface area contributed by atoms with Gasteiger partial charge in [0.2, 0.25) is 10.0 Å². The third-order valence-corrected chi connectivity index (χ3v) is 6.89. The van der Waals surface area contributed by atoms with Gasteiger partial charge in [0.05, 0.1) is 17.0 Å². The molecule has 0 spiro atoms. The number of nitrogens with zero attached hydrogens (tertiary/aromatic N) is 3. The van der Waals surface area contributed by atoms with Gasteiger partial charge in [0.15, 0.2) is 0 Å². The summed E-state index contributed by atoms with van der Waals surface area (Å²) in [5.74, 6) is 0. The molecule has 2 atom stereocenters. The first-order valence-electron chi connectivity index (χ1n) is 9.53. The summed E-state index contributed by atoms with van der Waals surface area (Å²) in [7, 11) is -3.63. The molecule has 0 bridgehead atoms. The summed E-state index contributed by atoms with van der Waals surface area (Å²) in [4.78, 5) is 16.1. The first kappa shape index (κ1) is 21.0. The van der Waals surface area contributed by atoms with Crippen molar-refractivity contribution in [3.05, 3.63) is 30.3 Å². The zero-order valence-corrected chi connectivity index (χ0v) is 17.4. The Morgan fingerprint density at radius 3 is 2.25 bits per heavy atom. The number of amides is 1. The fourth-order valence-electron chi connectivity index (χ4n) is 3.59. The van der Waals surface area contributed by atoms with Crippen LogP contribution in [0.15, 0.2) is 35.2 Å². The third kappa shape index (κ3) is 4.65. The van der Waals surface area contributed by atoms with E-state index < -0.39 is 21.7 Å². The van der Waals surface area contributed by atoms with Crippen LogP contribution in [0.1, 0.15) is 20.8 Å². The van der Waals surface area contributed by atoms with Crippen molar-refractivity contribution in [2.75, 3.05) is 39.3 Å². The normalized spacial score (nSPS) is 25.1.